The molecule has 116 valence electrons. The first kappa shape index (κ1) is 14.8. The van der Waals surface area contributed by atoms with Gasteiger partial charge in [-0.25, -0.2) is 8.42 Å². The van der Waals surface area contributed by atoms with Crippen LogP contribution in [0.25, 0.3) is 0 Å². The molecule has 0 amide bonds. The number of nitrogens with one attached hydrogen (secondary N) is 1. The van der Waals surface area contributed by atoms with Crippen LogP contribution in [-0.2, 0) is 16.4 Å². The Labute approximate surface area is 126 Å². The largest absolute Gasteiger partial charge is 0.493 e. The van der Waals surface area contributed by atoms with Gasteiger partial charge in [-0.15, -0.1) is 0 Å². The number of ether oxygens (including phenoxy) is 1. The summed E-state index contributed by atoms with van der Waals surface area (Å²) in [5.74, 6) is 0.821. The fraction of sp³-hybridized carbons (Fsp3) is 0.600. The van der Waals surface area contributed by atoms with Crippen LogP contribution >= 0.6 is 0 Å². The van der Waals surface area contributed by atoms with Gasteiger partial charge in [-0.2, -0.15) is 4.31 Å². The molecule has 0 bridgehead atoms. The number of aryl methyl sites for hydroxylation is 1. The molecule has 0 radical (unpaired) electrons. The number of hydrogen-bond donors (Lipinski definition) is 1. The molecule has 1 aromatic carbocycles. The van der Waals surface area contributed by atoms with Gasteiger partial charge in [-0.05, 0) is 50.5 Å². The van der Waals surface area contributed by atoms with Crippen LogP contribution in [0.1, 0.15) is 25.8 Å². The molecule has 1 N–H and O–H groups in total. The number of nitrogens with zero attached hydrogens (tertiary/aromatic N) is 1. The van der Waals surface area contributed by atoms with Gasteiger partial charge in [0.05, 0.1) is 11.5 Å². The third kappa shape index (κ3) is 2.67. The predicted octanol–water partition coefficient (Wildman–Crippen LogP) is 1.38. The fourth-order valence-corrected chi connectivity index (χ4v) is 4.75. The summed E-state index contributed by atoms with van der Waals surface area (Å²) in [7, 11) is -3.44. The van der Waals surface area contributed by atoms with Crippen molar-refractivity contribution in [2.24, 2.45) is 0 Å². The van der Waals surface area contributed by atoms with E-state index >= 15 is 0 Å². The second-order valence-electron chi connectivity index (χ2n) is 5.82. The third-order valence-corrected chi connectivity index (χ3v) is 6.45. The van der Waals surface area contributed by atoms with Gasteiger partial charge >= 0.3 is 0 Å². The Bertz CT molecular complexity index is 630. The number of rotatable bonds is 2. The van der Waals surface area contributed by atoms with Crippen LogP contribution in [0.3, 0.4) is 0 Å². The maximum atomic E-state index is 12.9. The molecular weight excluding hydrogens is 288 g/mol. The highest BCUT2D eigenvalue weighted by atomic mass is 32.2. The first-order valence-electron chi connectivity index (χ1n) is 7.51. The first-order valence-corrected chi connectivity index (χ1v) is 8.95. The zero-order valence-corrected chi connectivity index (χ0v) is 13.3. The lowest BCUT2D eigenvalue weighted by Crippen LogP contribution is -2.57. The summed E-state index contributed by atoms with van der Waals surface area (Å²) < 4.78 is 32.9. The van der Waals surface area contributed by atoms with E-state index in [1.54, 1.807) is 22.5 Å². The second kappa shape index (κ2) is 5.59. The molecule has 2 atom stereocenters. The third-order valence-electron chi connectivity index (χ3n) is 4.46. The number of hydrogen-bond acceptors (Lipinski definition) is 4. The molecule has 1 fully saturated rings. The van der Waals surface area contributed by atoms with Crippen molar-refractivity contribution in [2.75, 3.05) is 19.7 Å². The maximum Gasteiger partial charge on any atom is 0.243 e. The molecule has 2 unspecified atom stereocenters. The van der Waals surface area contributed by atoms with Crippen molar-refractivity contribution in [1.82, 2.24) is 9.62 Å². The Balaban J connectivity index is 1.94. The van der Waals surface area contributed by atoms with E-state index in [1.165, 1.54) is 0 Å². The fourth-order valence-electron chi connectivity index (χ4n) is 3.00. The highest BCUT2D eigenvalue weighted by Crippen LogP contribution is 2.29. The first-order chi connectivity index (χ1) is 10.00. The van der Waals surface area contributed by atoms with E-state index in [-0.39, 0.29) is 12.1 Å². The van der Waals surface area contributed by atoms with E-state index in [0.717, 1.165) is 24.2 Å². The van der Waals surface area contributed by atoms with Crippen LogP contribution < -0.4 is 10.1 Å². The molecule has 0 spiro atoms. The Morgan fingerprint density at radius 1 is 1.33 bits per heavy atom. The molecule has 3 rings (SSSR count). The van der Waals surface area contributed by atoms with Crippen LogP contribution in [0.2, 0.25) is 0 Å². The lowest BCUT2D eigenvalue weighted by Gasteiger charge is -2.37. The van der Waals surface area contributed by atoms with Gasteiger partial charge in [-0.3, -0.25) is 0 Å². The molecule has 2 heterocycles. The summed E-state index contributed by atoms with van der Waals surface area (Å²) in [5, 5.41) is 3.31. The lowest BCUT2D eigenvalue weighted by molar-refractivity contribution is 0.232. The van der Waals surface area contributed by atoms with Crippen LogP contribution in [0.15, 0.2) is 23.1 Å². The molecule has 21 heavy (non-hydrogen) atoms. The molecule has 0 aliphatic carbocycles. The quantitative estimate of drug-likeness (QED) is 0.896. The second-order valence-corrected chi connectivity index (χ2v) is 7.71. The highest BCUT2D eigenvalue weighted by molar-refractivity contribution is 7.89. The van der Waals surface area contributed by atoms with Gasteiger partial charge in [0.25, 0.3) is 0 Å². The maximum absolute atomic E-state index is 12.9. The summed E-state index contributed by atoms with van der Waals surface area (Å²) in [4.78, 5) is 0.382. The molecule has 1 aromatic rings. The minimum atomic E-state index is -3.44. The number of sulfonamides is 1. The minimum absolute atomic E-state index is 0.0453. The SMILES string of the molecule is CC1NCCN(S(=O)(=O)c2ccc3c(c2)CCCO3)C1C. The Kier molecular flexibility index (Phi) is 3.94. The molecule has 1 saturated heterocycles. The van der Waals surface area contributed by atoms with E-state index in [9.17, 15) is 8.42 Å². The van der Waals surface area contributed by atoms with Crippen molar-refractivity contribution in [3.8, 4) is 5.75 Å². The van der Waals surface area contributed by atoms with E-state index in [2.05, 4.69) is 5.32 Å². The number of benzene rings is 1. The number of piperazine rings is 1. The monoisotopic (exact) mass is 310 g/mol. The van der Waals surface area contributed by atoms with Gasteiger partial charge in [0, 0.05) is 25.2 Å². The van der Waals surface area contributed by atoms with E-state index in [1.807, 2.05) is 13.8 Å². The van der Waals surface area contributed by atoms with Gasteiger partial charge in [0.15, 0.2) is 0 Å². The average Bonchev–Trinajstić information content (AvgIpc) is 2.49. The average molecular weight is 310 g/mol. The van der Waals surface area contributed by atoms with E-state index < -0.39 is 10.0 Å². The van der Waals surface area contributed by atoms with E-state index in [4.69, 9.17) is 4.74 Å². The molecule has 0 saturated carbocycles. The standard InChI is InChI=1S/C15H22N2O3S/c1-11-12(2)17(8-7-16-11)21(18,19)14-5-6-15-13(10-14)4-3-9-20-15/h5-6,10-12,16H,3-4,7-9H2,1-2H3. The van der Waals surface area contributed by atoms with Crippen LogP contribution in [0.5, 0.6) is 5.75 Å². The highest BCUT2D eigenvalue weighted by Gasteiger charge is 2.34. The normalized spacial score (nSPS) is 27.0. The summed E-state index contributed by atoms with van der Waals surface area (Å²) in [6, 6.07) is 5.35. The van der Waals surface area contributed by atoms with E-state index in [0.29, 0.717) is 24.6 Å². The van der Waals surface area contributed by atoms with Crippen molar-refractivity contribution in [1.29, 1.82) is 0 Å². The van der Waals surface area contributed by atoms with Crippen molar-refractivity contribution >= 4 is 10.0 Å². The van der Waals surface area contributed by atoms with Crippen molar-refractivity contribution < 1.29 is 13.2 Å². The van der Waals surface area contributed by atoms with Gasteiger partial charge in [0.1, 0.15) is 5.75 Å². The van der Waals surface area contributed by atoms with Crippen LogP contribution in [0.4, 0.5) is 0 Å². The van der Waals surface area contributed by atoms with Gasteiger partial charge in [0.2, 0.25) is 10.0 Å². The van der Waals surface area contributed by atoms with Crippen molar-refractivity contribution in [2.45, 2.75) is 43.7 Å². The smallest absolute Gasteiger partial charge is 0.243 e. The Morgan fingerprint density at radius 3 is 2.95 bits per heavy atom. The van der Waals surface area contributed by atoms with Gasteiger partial charge < -0.3 is 10.1 Å². The van der Waals surface area contributed by atoms with Crippen LogP contribution in [0, 0.1) is 0 Å². The predicted molar refractivity (Wildman–Crippen MR) is 81.1 cm³/mol. The lowest BCUT2D eigenvalue weighted by atomic mass is 10.1. The van der Waals surface area contributed by atoms with Crippen LogP contribution in [-0.4, -0.2) is 44.5 Å². The molecule has 2 aliphatic rings. The molecule has 6 heteroatoms. The summed E-state index contributed by atoms with van der Waals surface area (Å²) in [5.41, 5.74) is 0.998. The molecule has 0 aromatic heterocycles. The Morgan fingerprint density at radius 2 is 2.14 bits per heavy atom. The topological polar surface area (TPSA) is 58.6 Å². The zero-order chi connectivity index (χ0) is 15.0. The zero-order valence-electron chi connectivity index (χ0n) is 12.5. The minimum Gasteiger partial charge on any atom is -0.493 e. The van der Waals surface area contributed by atoms with Crippen molar-refractivity contribution in [3.63, 3.8) is 0 Å². The molecule has 2 aliphatic heterocycles. The summed E-state index contributed by atoms with van der Waals surface area (Å²) >= 11 is 0. The van der Waals surface area contributed by atoms with Crippen molar-refractivity contribution in [3.05, 3.63) is 23.8 Å². The van der Waals surface area contributed by atoms with Gasteiger partial charge in [-0.1, -0.05) is 0 Å². The molecule has 5 nitrogen and oxygen atoms in total. The Hall–Kier alpha value is -1.11. The summed E-state index contributed by atoms with van der Waals surface area (Å²) in [6.07, 6.45) is 1.82. The number of fused-ring (bicyclic) bond motifs is 1. The summed E-state index contributed by atoms with van der Waals surface area (Å²) in [6.45, 7) is 5.90. The molecular formula is C15H22N2O3S.